The first-order valence-corrected chi connectivity index (χ1v) is 7.78. The lowest BCUT2D eigenvalue weighted by Gasteiger charge is -2.07. The third kappa shape index (κ3) is 3.94. The Morgan fingerprint density at radius 3 is 2.59 bits per heavy atom. The highest BCUT2D eigenvalue weighted by molar-refractivity contribution is 9.10. The summed E-state index contributed by atoms with van der Waals surface area (Å²) in [5.41, 5.74) is 7.71. The SMILES string of the molecule is NC1=N[C@@H](CCc2ccc(Nc3ncc(Br)cn3)cc2)CO1. The van der Waals surface area contributed by atoms with Crippen molar-refractivity contribution in [3.05, 3.63) is 46.7 Å². The van der Waals surface area contributed by atoms with E-state index in [9.17, 15) is 0 Å². The minimum Gasteiger partial charge on any atom is -0.463 e. The van der Waals surface area contributed by atoms with E-state index in [4.69, 9.17) is 10.5 Å². The van der Waals surface area contributed by atoms with Crippen molar-refractivity contribution in [2.75, 3.05) is 11.9 Å². The van der Waals surface area contributed by atoms with Gasteiger partial charge in [0.25, 0.3) is 6.02 Å². The molecular formula is C15H16BrN5O. The first-order chi connectivity index (χ1) is 10.7. The minimum absolute atomic E-state index is 0.175. The van der Waals surface area contributed by atoms with Crippen LogP contribution < -0.4 is 11.1 Å². The van der Waals surface area contributed by atoms with Gasteiger partial charge in [-0.2, -0.15) is 0 Å². The van der Waals surface area contributed by atoms with Crippen molar-refractivity contribution >= 4 is 33.6 Å². The van der Waals surface area contributed by atoms with Crippen LogP contribution in [0.3, 0.4) is 0 Å². The maximum Gasteiger partial charge on any atom is 0.282 e. The van der Waals surface area contributed by atoms with E-state index in [0.717, 1.165) is 23.0 Å². The van der Waals surface area contributed by atoms with E-state index in [0.29, 0.717) is 18.6 Å². The maximum absolute atomic E-state index is 5.50. The number of aryl methyl sites for hydroxylation is 1. The summed E-state index contributed by atoms with van der Waals surface area (Å²) in [6, 6.07) is 8.69. The number of nitrogens with one attached hydrogen (secondary N) is 1. The smallest absolute Gasteiger partial charge is 0.282 e. The normalized spacial score (nSPS) is 17.0. The molecule has 0 saturated heterocycles. The molecule has 3 rings (SSSR count). The molecule has 0 aliphatic carbocycles. The number of hydrogen-bond acceptors (Lipinski definition) is 6. The molecule has 1 aliphatic heterocycles. The van der Waals surface area contributed by atoms with Crippen molar-refractivity contribution < 1.29 is 4.74 Å². The van der Waals surface area contributed by atoms with Gasteiger partial charge >= 0.3 is 0 Å². The standard InChI is InChI=1S/C15H16BrN5O/c16-11-7-18-15(19-8-11)21-12-4-1-10(2-5-12)3-6-13-9-22-14(17)20-13/h1-2,4-5,7-8,13H,3,6,9H2,(H2,17,20)(H,18,19,21)/t13-/m0/s1. The van der Waals surface area contributed by atoms with Crippen molar-refractivity contribution in [1.29, 1.82) is 0 Å². The number of aromatic nitrogens is 2. The molecule has 0 spiro atoms. The molecule has 114 valence electrons. The predicted molar refractivity (Wildman–Crippen MR) is 89.1 cm³/mol. The quantitative estimate of drug-likeness (QED) is 0.854. The van der Waals surface area contributed by atoms with Crippen LogP contribution in [0.1, 0.15) is 12.0 Å². The molecule has 1 atom stereocenters. The third-order valence-corrected chi connectivity index (χ3v) is 3.74. The van der Waals surface area contributed by atoms with Gasteiger partial charge in [0.05, 0.1) is 10.5 Å². The topological polar surface area (TPSA) is 85.4 Å². The largest absolute Gasteiger partial charge is 0.463 e. The van der Waals surface area contributed by atoms with Crippen LogP contribution in [-0.2, 0) is 11.2 Å². The predicted octanol–water partition coefficient (Wildman–Crippen LogP) is 2.63. The van der Waals surface area contributed by atoms with Gasteiger partial charge < -0.3 is 15.8 Å². The Morgan fingerprint density at radius 2 is 1.95 bits per heavy atom. The number of anilines is 2. The summed E-state index contributed by atoms with van der Waals surface area (Å²) in [6.07, 6.45) is 5.29. The minimum atomic E-state index is 0.175. The lowest BCUT2D eigenvalue weighted by Crippen LogP contribution is -2.10. The lowest BCUT2D eigenvalue weighted by atomic mass is 10.1. The van der Waals surface area contributed by atoms with Gasteiger partial charge in [-0.1, -0.05) is 12.1 Å². The second kappa shape index (κ2) is 6.74. The van der Waals surface area contributed by atoms with Gasteiger partial charge in [-0.3, -0.25) is 0 Å². The Kier molecular flexibility index (Phi) is 4.53. The molecule has 1 aliphatic rings. The Morgan fingerprint density at radius 1 is 1.23 bits per heavy atom. The van der Waals surface area contributed by atoms with Crippen molar-refractivity contribution in [1.82, 2.24) is 9.97 Å². The van der Waals surface area contributed by atoms with Gasteiger partial charge in [0.2, 0.25) is 5.95 Å². The Hall–Kier alpha value is -2.15. The summed E-state index contributed by atoms with van der Waals surface area (Å²) in [5.74, 6) is 0.573. The van der Waals surface area contributed by atoms with Gasteiger partial charge in [-0.05, 0) is 46.5 Å². The fraction of sp³-hybridized carbons (Fsp3) is 0.267. The van der Waals surface area contributed by atoms with E-state index in [2.05, 4.69) is 48.3 Å². The fourth-order valence-corrected chi connectivity index (χ4v) is 2.38. The molecule has 2 heterocycles. The molecule has 22 heavy (non-hydrogen) atoms. The zero-order chi connectivity index (χ0) is 15.4. The van der Waals surface area contributed by atoms with E-state index in [-0.39, 0.29) is 6.04 Å². The summed E-state index contributed by atoms with van der Waals surface area (Å²) in [4.78, 5) is 12.6. The molecule has 0 saturated carbocycles. The first kappa shape index (κ1) is 14.8. The Balaban J connectivity index is 1.54. The van der Waals surface area contributed by atoms with Crippen LogP contribution in [0.25, 0.3) is 0 Å². The van der Waals surface area contributed by atoms with E-state index in [1.807, 2.05) is 12.1 Å². The molecule has 7 heteroatoms. The number of nitrogens with zero attached hydrogens (tertiary/aromatic N) is 3. The number of halogens is 1. The van der Waals surface area contributed by atoms with Gasteiger partial charge in [0.1, 0.15) is 6.61 Å². The number of aliphatic imine (C=N–C) groups is 1. The molecule has 0 unspecified atom stereocenters. The summed E-state index contributed by atoms with van der Waals surface area (Å²) < 4.78 is 6.00. The highest BCUT2D eigenvalue weighted by Gasteiger charge is 2.16. The number of nitrogens with two attached hydrogens (primary N) is 1. The van der Waals surface area contributed by atoms with Gasteiger partial charge in [0, 0.05) is 18.1 Å². The Labute approximate surface area is 137 Å². The van der Waals surface area contributed by atoms with Crippen molar-refractivity contribution in [3.63, 3.8) is 0 Å². The molecule has 0 radical (unpaired) electrons. The van der Waals surface area contributed by atoms with Crippen LogP contribution in [-0.4, -0.2) is 28.6 Å². The average Bonchev–Trinajstić information content (AvgIpc) is 2.94. The number of amidine groups is 1. The molecule has 6 nitrogen and oxygen atoms in total. The van der Waals surface area contributed by atoms with Crippen molar-refractivity contribution in [3.8, 4) is 0 Å². The second-order valence-corrected chi connectivity index (χ2v) is 5.93. The summed E-state index contributed by atoms with van der Waals surface area (Å²) in [7, 11) is 0. The highest BCUT2D eigenvalue weighted by atomic mass is 79.9. The molecule has 1 aromatic heterocycles. The molecule has 3 N–H and O–H groups in total. The summed E-state index contributed by atoms with van der Waals surface area (Å²) in [5, 5.41) is 3.16. The van der Waals surface area contributed by atoms with E-state index in [1.165, 1.54) is 5.56 Å². The molecule has 0 bridgehead atoms. The molecule has 0 amide bonds. The van der Waals surface area contributed by atoms with Crippen LogP contribution in [0, 0.1) is 0 Å². The van der Waals surface area contributed by atoms with Crippen LogP contribution in [0.2, 0.25) is 0 Å². The molecular weight excluding hydrogens is 346 g/mol. The highest BCUT2D eigenvalue weighted by Crippen LogP contribution is 2.17. The number of hydrogen-bond donors (Lipinski definition) is 2. The second-order valence-electron chi connectivity index (χ2n) is 5.02. The van der Waals surface area contributed by atoms with Gasteiger partial charge in [-0.25, -0.2) is 15.0 Å². The molecule has 0 fully saturated rings. The van der Waals surface area contributed by atoms with E-state index >= 15 is 0 Å². The number of ether oxygens (including phenoxy) is 1. The number of rotatable bonds is 5. The van der Waals surface area contributed by atoms with Crippen molar-refractivity contribution in [2.24, 2.45) is 10.7 Å². The van der Waals surface area contributed by atoms with Gasteiger partial charge in [0.15, 0.2) is 0 Å². The zero-order valence-corrected chi connectivity index (χ0v) is 13.5. The van der Waals surface area contributed by atoms with Crippen LogP contribution >= 0.6 is 15.9 Å². The van der Waals surface area contributed by atoms with E-state index in [1.54, 1.807) is 12.4 Å². The summed E-state index contributed by atoms with van der Waals surface area (Å²) in [6.45, 7) is 0.590. The monoisotopic (exact) mass is 361 g/mol. The maximum atomic E-state index is 5.50. The molecule has 2 aromatic rings. The number of benzene rings is 1. The van der Waals surface area contributed by atoms with Crippen LogP contribution in [0.5, 0.6) is 0 Å². The molecule has 1 aromatic carbocycles. The lowest BCUT2D eigenvalue weighted by molar-refractivity contribution is 0.308. The first-order valence-electron chi connectivity index (χ1n) is 6.98. The van der Waals surface area contributed by atoms with Crippen molar-refractivity contribution in [2.45, 2.75) is 18.9 Å². The third-order valence-electron chi connectivity index (χ3n) is 3.33. The fourth-order valence-electron chi connectivity index (χ4n) is 2.18. The average molecular weight is 362 g/mol. The van der Waals surface area contributed by atoms with E-state index < -0.39 is 0 Å². The summed E-state index contributed by atoms with van der Waals surface area (Å²) >= 11 is 3.31. The van der Waals surface area contributed by atoms with Gasteiger partial charge in [-0.15, -0.1) is 0 Å². The van der Waals surface area contributed by atoms with Crippen LogP contribution in [0.15, 0.2) is 46.1 Å². The van der Waals surface area contributed by atoms with Crippen LogP contribution in [0.4, 0.5) is 11.6 Å². The zero-order valence-electron chi connectivity index (χ0n) is 11.9. The Bertz CT molecular complexity index is 657.